The zero-order valence-electron chi connectivity index (χ0n) is 33.4. The van der Waals surface area contributed by atoms with Gasteiger partial charge in [0, 0.05) is 13.0 Å². The largest absolute Gasteiger partial charge is 0.496 e. The lowest BCUT2D eigenvalue weighted by Gasteiger charge is -2.32. The van der Waals surface area contributed by atoms with E-state index in [1.165, 1.54) is 16.6 Å². The van der Waals surface area contributed by atoms with E-state index in [0.29, 0.717) is 61.7 Å². The number of carbonyl (C=O) groups is 4. The third-order valence-corrected chi connectivity index (χ3v) is 15.3. The molecule has 4 amide bonds. The first-order chi connectivity index (χ1) is 27.9. The summed E-state index contributed by atoms with van der Waals surface area (Å²) in [6.07, 6.45) is 9.00. The van der Waals surface area contributed by atoms with Crippen molar-refractivity contribution in [2.24, 2.45) is 17.8 Å². The average Bonchev–Trinajstić information content (AvgIpc) is 3.99. The summed E-state index contributed by atoms with van der Waals surface area (Å²) in [5.74, 6) is -1.79. The molecule has 0 radical (unpaired) electrons. The molecule has 6 aliphatic rings. The van der Waals surface area contributed by atoms with Gasteiger partial charge in [-0.25, -0.2) is 13.2 Å². The van der Waals surface area contributed by atoms with Gasteiger partial charge < -0.3 is 29.7 Å². The van der Waals surface area contributed by atoms with E-state index in [-0.39, 0.29) is 54.8 Å². The quantitative estimate of drug-likeness (QED) is 0.351. The maximum Gasteiger partial charge on any atom is 0.408 e. The van der Waals surface area contributed by atoms with Crippen molar-refractivity contribution in [3.05, 3.63) is 28.6 Å². The maximum absolute atomic E-state index is 14.9. The summed E-state index contributed by atoms with van der Waals surface area (Å²) >= 11 is 0. The summed E-state index contributed by atoms with van der Waals surface area (Å²) in [4.78, 5) is 77.2. The third kappa shape index (κ3) is 7.99. The van der Waals surface area contributed by atoms with Crippen molar-refractivity contribution in [1.82, 2.24) is 29.8 Å². The Balaban J connectivity index is 1.15. The summed E-state index contributed by atoms with van der Waals surface area (Å²) in [5.41, 5.74) is -1.41. The molecule has 2 aliphatic heterocycles. The average molecular weight is 825 g/mol. The molecule has 8 rings (SSSR count). The molecule has 7 atom stereocenters. The van der Waals surface area contributed by atoms with Crippen LogP contribution in [0.5, 0.6) is 11.8 Å². The highest BCUT2D eigenvalue weighted by Gasteiger charge is 2.62. The summed E-state index contributed by atoms with van der Waals surface area (Å²) in [5, 5.41) is 5.52. The van der Waals surface area contributed by atoms with Gasteiger partial charge in [0.1, 0.15) is 41.0 Å². The molecule has 17 heteroatoms. The normalized spacial score (nSPS) is 30.9. The van der Waals surface area contributed by atoms with Crippen LogP contribution in [0.15, 0.2) is 23.0 Å². The fraction of sp³-hybridized carbons (Fsp3) is 0.707. The number of carbonyl (C=O) groups excluding carboxylic acids is 4. The topological polar surface area (TPSA) is 204 Å². The highest BCUT2D eigenvalue weighted by atomic mass is 32.2. The number of rotatable bonds is 8. The molecule has 4 saturated carbocycles. The Morgan fingerprint density at radius 1 is 0.966 bits per heavy atom. The number of nitrogens with zero attached hydrogens (tertiary/aromatic N) is 3. The lowest BCUT2D eigenvalue weighted by molar-refractivity contribution is -0.142. The number of alkyl carbamates (subject to hydrolysis) is 1. The maximum atomic E-state index is 14.9. The molecule has 58 heavy (non-hydrogen) atoms. The van der Waals surface area contributed by atoms with Gasteiger partial charge in [-0.1, -0.05) is 45.1 Å². The monoisotopic (exact) mass is 824 g/mol. The van der Waals surface area contributed by atoms with E-state index >= 15 is 0 Å². The van der Waals surface area contributed by atoms with Crippen LogP contribution in [0.1, 0.15) is 110 Å². The van der Waals surface area contributed by atoms with E-state index in [2.05, 4.69) is 15.4 Å². The molecule has 1 aromatic heterocycles. The fourth-order valence-corrected chi connectivity index (χ4v) is 11.3. The minimum atomic E-state index is -3.89. The van der Waals surface area contributed by atoms with Crippen molar-refractivity contribution >= 4 is 44.7 Å². The molecule has 1 saturated heterocycles. The van der Waals surface area contributed by atoms with Crippen LogP contribution >= 0.6 is 0 Å². The first kappa shape index (κ1) is 40.4. The number of methoxy groups -OCH3 is 1. The van der Waals surface area contributed by atoms with E-state index in [1.54, 1.807) is 18.2 Å². The van der Waals surface area contributed by atoms with Gasteiger partial charge in [0.05, 0.1) is 24.4 Å². The van der Waals surface area contributed by atoms with E-state index in [4.69, 9.17) is 19.2 Å². The van der Waals surface area contributed by atoms with E-state index in [1.807, 2.05) is 6.92 Å². The Kier molecular flexibility index (Phi) is 11.4. The van der Waals surface area contributed by atoms with Crippen LogP contribution in [0.2, 0.25) is 0 Å². The number of amides is 4. The molecule has 316 valence electrons. The molecule has 16 nitrogen and oxygen atoms in total. The third-order valence-electron chi connectivity index (χ3n) is 13.5. The number of fused-ring (bicyclic) bond motifs is 5. The van der Waals surface area contributed by atoms with Crippen LogP contribution in [0.4, 0.5) is 4.79 Å². The zero-order chi connectivity index (χ0) is 40.8. The smallest absolute Gasteiger partial charge is 0.408 e. The number of nitrogens with one attached hydrogen (secondary N) is 3. The van der Waals surface area contributed by atoms with Gasteiger partial charge in [-0.15, -0.1) is 0 Å². The van der Waals surface area contributed by atoms with Gasteiger partial charge in [0.25, 0.3) is 17.5 Å². The summed E-state index contributed by atoms with van der Waals surface area (Å²) < 4.78 is 47.5. The second-order valence-electron chi connectivity index (χ2n) is 17.3. The van der Waals surface area contributed by atoms with Crippen LogP contribution in [-0.2, 0) is 35.7 Å². The van der Waals surface area contributed by atoms with Crippen LogP contribution in [0.3, 0.4) is 0 Å². The first-order valence-electron chi connectivity index (χ1n) is 21.3. The molecule has 1 aromatic carbocycles. The molecule has 2 aromatic rings. The van der Waals surface area contributed by atoms with E-state index < -0.39 is 62.8 Å². The molecule has 2 bridgehead atoms. The fourth-order valence-electron chi connectivity index (χ4n) is 9.98. The number of aromatic nitrogens is 2. The molecular weight excluding hydrogens is 769 g/mol. The van der Waals surface area contributed by atoms with E-state index in [9.17, 15) is 32.4 Å². The summed E-state index contributed by atoms with van der Waals surface area (Å²) in [7, 11) is -2.39. The van der Waals surface area contributed by atoms with Gasteiger partial charge in [-0.05, 0) is 94.1 Å². The van der Waals surface area contributed by atoms with Crippen molar-refractivity contribution in [3.63, 3.8) is 0 Å². The summed E-state index contributed by atoms with van der Waals surface area (Å²) in [6.45, 7) is 2.11. The van der Waals surface area contributed by atoms with Gasteiger partial charge in [0.2, 0.25) is 21.8 Å². The minimum absolute atomic E-state index is 0.00988. The van der Waals surface area contributed by atoms with Crippen molar-refractivity contribution < 1.29 is 41.8 Å². The number of ether oxygens (including phenoxy) is 3. The van der Waals surface area contributed by atoms with Crippen molar-refractivity contribution in [2.45, 2.75) is 151 Å². The van der Waals surface area contributed by atoms with Crippen LogP contribution < -0.4 is 30.4 Å². The number of benzene rings is 1. The molecule has 0 spiro atoms. The van der Waals surface area contributed by atoms with Crippen LogP contribution in [-0.4, -0.2) is 95.4 Å². The van der Waals surface area contributed by atoms with E-state index in [0.717, 1.165) is 51.4 Å². The summed E-state index contributed by atoms with van der Waals surface area (Å²) in [6, 6.07) is 3.09. The Bertz CT molecular complexity index is 2100. The standard InChI is InChI=1S/C41H56N6O10S/c1-3-26-22-41(26,38(51)45-58(53,54)28-18-19-28)44-35(48)30-21-27-23-47(30)37(50)34(25-12-6-7-13-25)43-40(52)57-31-16-9-14-24(31)11-5-4-8-20-46-36(49)33-29(42-39(46)56-27)15-10-17-32(33)55-2/h10,15,17,24-28,30-31,34H,3-9,11-14,16,18-23H2,1-2H3,(H,43,52)(H,44,48)(H,45,51)/t24-,26-,27-,30+,31-,34+,41-/m1/s1. The predicted molar refractivity (Wildman–Crippen MR) is 211 cm³/mol. The van der Waals surface area contributed by atoms with Gasteiger partial charge in [0.15, 0.2) is 0 Å². The molecule has 3 N–H and O–H groups in total. The van der Waals surface area contributed by atoms with Crippen molar-refractivity contribution in [2.75, 3.05) is 13.7 Å². The van der Waals surface area contributed by atoms with Gasteiger partial charge in [-0.3, -0.25) is 28.5 Å². The second kappa shape index (κ2) is 16.3. The minimum Gasteiger partial charge on any atom is -0.496 e. The predicted octanol–water partition coefficient (Wildman–Crippen LogP) is 3.67. The molecule has 4 aliphatic carbocycles. The highest BCUT2D eigenvalue weighted by Crippen LogP contribution is 2.47. The Morgan fingerprint density at radius 3 is 2.43 bits per heavy atom. The molecule has 5 fully saturated rings. The number of hydrogen-bond donors (Lipinski definition) is 3. The van der Waals surface area contributed by atoms with Gasteiger partial charge >= 0.3 is 6.09 Å². The zero-order valence-corrected chi connectivity index (χ0v) is 34.2. The molecule has 0 unspecified atom stereocenters. The molecular formula is C41H56N6O10S. The van der Waals surface area contributed by atoms with Crippen molar-refractivity contribution in [3.8, 4) is 11.8 Å². The highest BCUT2D eigenvalue weighted by molar-refractivity contribution is 7.91. The lowest BCUT2D eigenvalue weighted by Crippen LogP contribution is -2.59. The second-order valence-corrected chi connectivity index (χ2v) is 19.2. The Morgan fingerprint density at radius 2 is 1.71 bits per heavy atom. The van der Waals surface area contributed by atoms with Crippen LogP contribution in [0, 0.1) is 17.8 Å². The lowest BCUT2D eigenvalue weighted by atomic mass is 9.96. The number of hydrogen-bond acceptors (Lipinski definition) is 11. The number of sulfonamides is 1. The SMILES string of the molecule is CC[C@@H]1C[C@]1(NC(=O)[C@@H]1C[C@@H]2CN1C(=O)[C@H](C1CCCC1)NC(=O)O[C@@H]1CCC[C@H]1CCCCCn1c(nc3cccc(OC)c3c1=O)O2)C(=O)NS(=O)(=O)C1CC1. The van der Waals surface area contributed by atoms with Gasteiger partial charge in [-0.2, -0.15) is 4.98 Å². The Hall–Kier alpha value is -4.41. The van der Waals surface area contributed by atoms with Crippen molar-refractivity contribution in [1.29, 1.82) is 0 Å². The van der Waals surface area contributed by atoms with Crippen LogP contribution in [0.25, 0.3) is 10.9 Å². The molecule has 3 heterocycles. The first-order valence-corrected chi connectivity index (χ1v) is 22.9. The Labute approximate surface area is 338 Å².